The molecule has 146 valence electrons. The number of nitrogens with one attached hydrogen (secondary N) is 1. The summed E-state index contributed by atoms with van der Waals surface area (Å²) in [6, 6.07) is 6.70. The van der Waals surface area contributed by atoms with E-state index in [0.717, 1.165) is 0 Å². The fourth-order valence-corrected chi connectivity index (χ4v) is 4.31. The topological polar surface area (TPSA) is 104 Å². The Morgan fingerprint density at radius 3 is 2.93 bits per heavy atom. The van der Waals surface area contributed by atoms with Crippen LogP contribution in [0.3, 0.4) is 0 Å². The number of fused-ring (bicyclic) bond motifs is 1. The molecule has 0 bridgehead atoms. The van der Waals surface area contributed by atoms with Gasteiger partial charge in [-0.15, -0.1) is 11.3 Å². The van der Waals surface area contributed by atoms with E-state index < -0.39 is 11.9 Å². The fourth-order valence-electron chi connectivity index (χ4n) is 2.56. The Morgan fingerprint density at radius 1 is 1.38 bits per heavy atom. The predicted molar refractivity (Wildman–Crippen MR) is 116 cm³/mol. The number of methoxy groups -OCH3 is 1. The van der Waals surface area contributed by atoms with Crippen LogP contribution in [0.15, 0.2) is 49.8 Å². The van der Waals surface area contributed by atoms with Gasteiger partial charge in [0.25, 0.3) is 5.91 Å². The van der Waals surface area contributed by atoms with Gasteiger partial charge in [-0.2, -0.15) is 15.1 Å². The number of hydrazone groups is 1. The van der Waals surface area contributed by atoms with Gasteiger partial charge in [-0.05, 0) is 62.9 Å². The van der Waals surface area contributed by atoms with Gasteiger partial charge in [-0.25, -0.2) is 4.79 Å². The van der Waals surface area contributed by atoms with E-state index in [1.807, 2.05) is 0 Å². The molecule has 3 heterocycles. The van der Waals surface area contributed by atoms with E-state index in [0.29, 0.717) is 25.8 Å². The number of rotatable bonds is 4. The maximum absolute atomic E-state index is 12.3. The number of benzene rings is 1. The number of hydrogen-bond acceptors (Lipinski definition) is 8. The van der Waals surface area contributed by atoms with Gasteiger partial charge in [0.2, 0.25) is 0 Å². The van der Waals surface area contributed by atoms with Crippen molar-refractivity contribution >= 4 is 73.5 Å². The minimum atomic E-state index is -0.525. The van der Waals surface area contributed by atoms with Crippen molar-refractivity contribution in [2.45, 2.75) is 0 Å². The molecule has 1 aromatic heterocycles. The zero-order valence-electron chi connectivity index (χ0n) is 14.7. The lowest BCUT2D eigenvalue weighted by atomic mass is 10.1. The average Bonchev–Trinajstić information content (AvgIpc) is 3.38. The quantitative estimate of drug-likeness (QED) is 0.394. The number of amidine groups is 2. The molecule has 0 unspecified atom stereocenters. The van der Waals surface area contributed by atoms with Crippen LogP contribution < -0.4 is 9.47 Å². The standard InChI is InChI=1S/C18H11BrN4O4S2/c1-26-12-7-9(5-10-15(20)23-18(22-16(10)24)29-8-21-23)6-11(19)14(12)27-17(25)13-3-2-4-28-13/h2-8,20H,1H3. The highest BCUT2D eigenvalue weighted by Gasteiger charge is 2.32. The van der Waals surface area contributed by atoms with Crippen LogP contribution in [0.2, 0.25) is 0 Å². The second-order valence-corrected chi connectivity index (χ2v) is 8.27. The first-order valence-corrected chi connectivity index (χ1v) is 10.6. The first-order chi connectivity index (χ1) is 14.0. The number of halogens is 1. The molecule has 1 N–H and O–H groups in total. The molecule has 1 amide bonds. The molecule has 0 spiro atoms. The molecular weight excluding hydrogens is 480 g/mol. The Labute approximate surface area is 181 Å². The van der Waals surface area contributed by atoms with Gasteiger partial charge >= 0.3 is 5.97 Å². The molecule has 8 nitrogen and oxygen atoms in total. The number of esters is 1. The number of aliphatic imine (C=N–C) groups is 1. The third-order valence-electron chi connectivity index (χ3n) is 3.88. The summed E-state index contributed by atoms with van der Waals surface area (Å²) < 4.78 is 11.3. The highest BCUT2D eigenvalue weighted by Crippen LogP contribution is 2.38. The van der Waals surface area contributed by atoms with Crippen LogP contribution in [-0.2, 0) is 4.79 Å². The van der Waals surface area contributed by atoms with E-state index in [4.69, 9.17) is 14.9 Å². The largest absolute Gasteiger partial charge is 0.493 e. The summed E-state index contributed by atoms with van der Waals surface area (Å²) in [6.45, 7) is 0. The molecule has 11 heteroatoms. The van der Waals surface area contributed by atoms with Crippen molar-refractivity contribution in [3.8, 4) is 11.5 Å². The van der Waals surface area contributed by atoms with Crippen molar-refractivity contribution in [1.82, 2.24) is 5.01 Å². The molecule has 4 rings (SSSR count). The van der Waals surface area contributed by atoms with Crippen LogP contribution in [0.25, 0.3) is 6.08 Å². The molecule has 2 aliphatic heterocycles. The van der Waals surface area contributed by atoms with E-state index in [1.54, 1.807) is 29.6 Å². The van der Waals surface area contributed by atoms with Crippen LogP contribution in [-0.4, -0.2) is 40.5 Å². The predicted octanol–water partition coefficient (Wildman–Crippen LogP) is 3.99. The van der Waals surface area contributed by atoms with Crippen molar-refractivity contribution in [2.75, 3.05) is 7.11 Å². The molecule has 2 aliphatic rings. The molecule has 0 saturated carbocycles. The SMILES string of the molecule is COc1cc(C=C2C(=N)N3N=CSC3=NC2=O)cc(Br)c1OC(=O)c1cccs1. The molecule has 0 atom stereocenters. The maximum atomic E-state index is 12.3. The number of hydrogen-bond donors (Lipinski definition) is 1. The highest BCUT2D eigenvalue weighted by molar-refractivity contribution is 9.10. The molecule has 29 heavy (non-hydrogen) atoms. The summed E-state index contributed by atoms with van der Waals surface area (Å²) in [7, 11) is 1.45. The summed E-state index contributed by atoms with van der Waals surface area (Å²) in [4.78, 5) is 29.0. The molecule has 0 fully saturated rings. The van der Waals surface area contributed by atoms with E-state index >= 15 is 0 Å². The first-order valence-electron chi connectivity index (χ1n) is 8.04. The van der Waals surface area contributed by atoms with Crippen LogP contribution >= 0.6 is 39.0 Å². The molecular formula is C18H11BrN4O4S2. The van der Waals surface area contributed by atoms with Crippen LogP contribution in [0.5, 0.6) is 11.5 Å². The summed E-state index contributed by atoms with van der Waals surface area (Å²) in [5.74, 6) is -0.573. The van der Waals surface area contributed by atoms with Crippen LogP contribution in [0.1, 0.15) is 15.2 Å². The molecule has 0 radical (unpaired) electrons. The Bertz CT molecular complexity index is 1130. The molecule has 1 aromatic carbocycles. The fraction of sp³-hybridized carbons (Fsp3) is 0.0556. The smallest absolute Gasteiger partial charge is 0.353 e. The Kier molecular flexibility index (Phi) is 5.35. The minimum absolute atomic E-state index is 0.0652. The van der Waals surface area contributed by atoms with Crippen LogP contribution in [0, 0.1) is 5.41 Å². The number of carbonyl (C=O) groups is 2. The van der Waals surface area contributed by atoms with E-state index in [1.165, 1.54) is 46.8 Å². The Hall–Kier alpha value is -2.76. The second-order valence-electron chi connectivity index (χ2n) is 5.66. The molecule has 0 aliphatic carbocycles. The number of thiophene rings is 1. The summed E-state index contributed by atoms with van der Waals surface area (Å²) >= 11 is 5.83. The monoisotopic (exact) mass is 490 g/mol. The number of carbonyl (C=O) groups excluding carboxylic acids is 2. The van der Waals surface area contributed by atoms with E-state index in [2.05, 4.69) is 26.0 Å². The zero-order valence-corrected chi connectivity index (χ0v) is 17.9. The molecule has 2 aromatic rings. The normalized spacial score (nSPS) is 16.8. The van der Waals surface area contributed by atoms with Crippen molar-refractivity contribution in [3.63, 3.8) is 0 Å². The lowest BCUT2D eigenvalue weighted by molar-refractivity contribution is -0.114. The second kappa shape index (κ2) is 7.93. The average molecular weight is 491 g/mol. The third-order valence-corrected chi connectivity index (χ3v) is 5.99. The van der Waals surface area contributed by atoms with E-state index in [9.17, 15) is 9.59 Å². The number of amides is 1. The maximum Gasteiger partial charge on any atom is 0.353 e. The van der Waals surface area contributed by atoms with Gasteiger partial charge in [-0.3, -0.25) is 10.2 Å². The van der Waals surface area contributed by atoms with Gasteiger partial charge in [0, 0.05) is 0 Å². The Balaban J connectivity index is 1.67. The number of nitrogens with zero attached hydrogens (tertiary/aromatic N) is 3. The minimum Gasteiger partial charge on any atom is -0.493 e. The number of ether oxygens (including phenoxy) is 2. The van der Waals surface area contributed by atoms with Gasteiger partial charge in [-0.1, -0.05) is 6.07 Å². The van der Waals surface area contributed by atoms with Crippen LogP contribution in [0.4, 0.5) is 0 Å². The highest BCUT2D eigenvalue weighted by atomic mass is 79.9. The Morgan fingerprint density at radius 2 is 2.21 bits per heavy atom. The van der Waals surface area contributed by atoms with Gasteiger partial charge in [0.15, 0.2) is 22.5 Å². The van der Waals surface area contributed by atoms with Gasteiger partial charge in [0.05, 0.1) is 22.7 Å². The first kappa shape index (κ1) is 19.6. The van der Waals surface area contributed by atoms with Crippen molar-refractivity contribution in [2.24, 2.45) is 10.1 Å². The number of thioether (sulfide) groups is 1. The third kappa shape index (κ3) is 3.76. The summed E-state index contributed by atoms with van der Waals surface area (Å²) in [5, 5.41) is 15.7. The van der Waals surface area contributed by atoms with Crippen molar-refractivity contribution < 1.29 is 19.1 Å². The lowest BCUT2D eigenvalue weighted by Gasteiger charge is -2.20. The van der Waals surface area contributed by atoms with Gasteiger partial charge < -0.3 is 9.47 Å². The zero-order chi connectivity index (χ0) is 20.5. The summed E-state index contributed by atoms with van der Waals surface area (Å²) in [5.41, 5.74) is 2.16. The van der Waals surface area contributed by atoms with Crippen molar-refractivity contribution in [1.29, 1.82) is 5.41 Å². The molecule has 0 saturated heterocycles. The summed E-state index contributed by atoms with van der Waals surface area (Å²) in [6.07, 6.45) is 1.52. The van der Waals surface area contributed by atoms with E-state index in [-0.39, 0.29) is 17.2 Å². The van der Waals surface area contributed by atoms with Crippen molar-refractivity contribution in [3.05, 3.63) is 50.1 Å². The lowest BCUT2D eigenvalue weighted by Crippen LogP contribution is -2.35. The van der Waals surface area contributed by atoms with Gasteiger partial charge in [0.1, 0.15) is 4.88 Å².